The number of ether oxygens (including phenoxy) is 1. The first-order valence-corrected chi connectivity index (χ1v) is 16.2. The number of nitrogens with zero attached hydrogens (tertiary/aromatic N) is 8. The van der Waals surface area contributed by atoms with Gasteiger partial charge in [-0.15, -0.1) is 0 Å². The van der Waals surface area contributed by atoms with E-state index >= 15 is 0 Å². The highest BCUT2D eigenvalue weighted by molar-refractivity contribution is 6.00. The minimum Gasteiger partial charge on any atom is -0.494 e. The van der Waals surface area contributed by atoms with Crippen LogP contribution in [0.4, 0.5) is 0 Å². The van der Waals surface area contributed by atoms with Crippen molar-refractivity contribution < 1.29 is 14.6 Å². The molecule has 2 bridgehead atoms. The van der Waals surface area contributed by atoms with E-state index in [4.69, 9.17) is 20.4 Å². The van der Waals surface area contributed by atoms with E-state index in [1.165, 1.54) is 19.0 Å². The first kappa shape index (κ1) is 28.0. The Kier molecular flexibility index (Phi) is 6.36. The Labute approximate surface area is 270 Å². The lowest BCUT2D eigenvalue weighted by molar-refractivity contribution is 0.0700. The van der Waals surface area contributed by atoms with Gasteiger partial charge >= 0.3 is 0 Å². The number of rotatable bonds is 8. The van der Waals surface area contributed by atoms with E-state index in [1.807, 2.05) is 35.5 Å². The Morgan fingerprint density at radius 1 is 1.06 bits per heavy atom. The van der Waals surface area contributed by atoms with Gasteiger partial charge in [-0.3, -0.25) is 4.79 Å². The number of carbonyl (C=O) groups excluding carboxylic acids is 1. The Morgan fingerprint density at radius 2 is 1.91 bits per heavy atom. The van der Waals surface area contributed by atoms with Crippen LogP contribution in [0.2, 0.25) is 0 Å². The second kappa shape index (κ2) is 10.7. The molecule has 2 unspecified atom stereocenters. The number of amides is 1. The Hall–Kier alpha value is -5.23. The minimum atomic E-state index is -0.0981. The largest absolute Gasteiger partial charge is 0.494 e. The van der Waals surface area contributed by atoms with Gasteiger partial charge in [-0.25, -0.2) is 19.6 Å². The van der Waals surface area contributed by atoms with Crippen LogP contribution in [-0.4, -0.2) is 75.5 Å². The summed E-state index contributed by atoms with van der Waals surface area (Å²) >= 11 is 0. The number of aromatic hydroxyl groups is 1. The first-order chi connectivity index (χ1) is 23.0. The zero-order chi connectivity index (χ0) is 31.8. The highest BCUT2D eigenvalue weighted by Gasteiger charge is 2.47. The Morgan fingerprint density at radius 3 is 2.68 bits per heavy atom. The van der Waals surface area contributed by atoms with Crippen LogP contribution in [-0.2, 0) is 13.1 Å². The Bertz CT molecular complexity index is 2180. The molecule has 12 heteroatoms. The molecule has 1 aliphatic heterocycles. The zero-order valence-electron chi connectivity index (χ0n) is 26.0. The molecular formula is C35H35N9O3. The highest BCUT2D eigenvalue weighted by atomic mass is 16.5. The van der Waals surface area contributed by atoms with Gasteiger partial charge in [0.1, 0.15) is 22.6 Å². The lowest BCUT2D eigenvalue weighted by Crippen LogP contribution is -2.41. The summed E-state index contributed by atoms with van der Waals surface area (Å²) in [4.78, 5) is 29.9. The van der Waals surface area contributed by atoms with Gasteiger partial charge in [-0.2, -0.15) is 5.10 Å². The predicted octanol–water partition coefficient (Wildman–Crippen LogP) is 4.37. The molecule has 9 rings (SSSR count). The van der Waals surface area contributed by atoms with Gasteiger partial charge in [0.25, 0.3) is 5.91 Å². The molecule has 12 nitrogen and oxygen atoms in total. The molecule has 3 N–H and O–H groups in total. The molecule has 1 saturated heterocycles. The maximum atomic E-state index is 13.9. The molecule has 3 atom stereocenters. The molecule has 0 spiro atoms. The van der Waals surface area contributed by atoms with Crippen molar-refractivity contribution in [1.82, 2.24) is 38.8 Å². The molecule has 238 valence electrons. The number of nitrogens with two attached hydrogens (primary N) is 1. The van der Waals surface area contributed by atoms with Crippen molar-refractivity contribution in [2.75, 3.05) is 13.7 Å². The molecular weight excluding hydrogens is 594 g/mol. The van der Waals surface area contributed by atoms with E-state index < -0.39 is 0 Å². The Balaban J connectivity index is 1.20. The van der Waals surface area contributed by atoms with Crippen molar-refractivity contribution >= 4 is 28.0 Å². The molecule has 6 aromatic rings. The number of benzene rings is 1. The van der Waals surface area contributed by atoms with Gasteiger partial charge < -0.3 is 29.6 Å². The summed E-state index contributed by atoms with van der Waals surface area (Å²) in [6, 6.07) is 13.5. The number of hydrogen-bond donors (Lipinski definition) is 2. The van der Waals surface area contributed by atoms with Crippen LogP contribution >= 0.6 is 0 Å². The average Bonchev–Trinajstić information content (AvgIpc) is 3.39. The van der Waals surface area contributed by atoms with Crippen molar-refractivity contribution in [1.29, 1.82) is 0 Å². The maximum absolute atomic E-state index is 13.9. The quantitative estimate of drug-likeness (QED) is 0.253. The number of methoxy groups -OCH3 is 1. The molecule has 3 aliphatic rings. The average molecular weight is 630 g/mol. The fourth-order valence-corrected chi connectivity index (χ4v) is 7.65. The third-order valence-electron chi connectivity index (χ3n) is 10.2. The highest BCUT2D eigenvalue weighted by Crippen LogP contribution is 2.40. The lowest BCUT2D eigenvalue weighted by atomic mass is 10.1. The summed E-state index contributed by atoms with van der Waals surface area (Å²) in [5.41, 5.74) is 11.7. The smallest absolute Gasteiger partial charge is 0.254 e. The molecule has 1 aromatic carbocycles. The number of imidazole rings is 1. The van der Waals surface area contributed by atoms with Gasteiger partial charge in [0, 0.05) is 60.3 Å². The summed E-state index contributed by atoms with van der Waals surface area (Å²) in [6.45, 7) is 1.96. The molecule has 6 heterocycles. The fourth-order valence-electron chi connectivity index (χ4n) is 7.65. The van der Waals surface area contributed by atoms with E-state index in [0.29, 0.717) is 47.4 Å². The third kappa shape index (κ3) is 4.57. The number of piperidine rings is 1. The maximum Gasteiger partial charge on any atom is 0.254 e. The van der Waals surface area contributed by atoms with Crippen LogP contribution in [0.3, 0.4) is 0 Å². The van der Waals surface area contributed by atoms with E-state index in [2.05, 4.69) is 31.3 Å². The van der Waals surface area contributed by atoms with Crippen LogP contribution in [0.1, 0.15) is 41.6 Å². The number of hydrogen-bond acceptors (Lipinski definition) is 8. The first-order valence-electron chi connectivity index (χ1n) is 16.2. The molecule has 2 saturated carbocycles. The topological polar surface area (TPSA) is 142 Å². The van der Waals surface area contributed by atoms with Gasteiger partial charge in [-0.05, 0) is 80.0 Å². The lowest BCUT2D eigenvalue weighted by Gasteiger charge is -2.27. The molecule has 5 aromatic heterocycles. The predicted molar refractivity (Wildman–Crippen MR) is 175 cm³/mol. The monoisotopic (exact) mass is 629 g/mol. The van der Waals surface area contributed by atoms with E-state index in [9.17, 15) is 9.90 Å². The fraction of sp³-hybridized carbons (Fsp3) is 0.343. The molecule has 0 radical (unpaired) electrons. The van der Waals surface area contributed by atoms with Crippen molar-refractivity contribution in [3.8, 4) is 28.8 Å². The van der Waals surface area contributed by atoms with Gasteiger partial charge in [0.2, 0.25) is 5.88 Å². The number of fused-ring (bicyclic) bond motifs is 4. The van der Waals surface area contributed by atoms with Crippen LogP contribution in [0.5, 0.6) is 11.6 Å². The van der Waals surface area contributed by atoms with Crippen LogP contribution in [0.15, 0.2) is 67.3 Å². The second-order valence-corrected chi connectivity index (χ2v) is 13.1. The molecule has 1 amide bonds. The van der Waals surface area contributed by atoms with E-state index in [1.54, 1.807) is 30.1 Å². The van der Waals surface area contributed by atoms with E-state index in [0.717, 1.165) is 53.0 Å². The molecule has 3 fully saturated rings. The summed E-state index contributed by atoms with van der Waals surface area (Å²) in [5.74, 6) is 2.15. The molecule has 47 heavy (non-hydrogen) atoms. The van der Waals surface area contributed by atoms with Gasteiger partial charge in [-0.1, -0.05) is 0 Å². The molecule has 2 aliphatic carbocycles. The third-order valence-corrected chi connectivity index (χ3v) is 10.2. The number of aromatic nitrogens is 7. The van der Waals surface area contributed by atoms with Crippen molar-refractivity contribution in [3.05, 3.63) is 78.4 Å². The van der Waals surface area contributed by atoms with E-state index in [-0.39, 0.29) is 23.9 Å². The summed E-state index contributed by atoms with van der Waals surface area (Å²) in [7, 11) is 1.63. The number of likely N-dealkylation sites (tertiary alicyclic amines) is 1. The minimum absolute atomic E-state index is 0.0337. The summed E-state index contributed by atoms with van der Waals surface area (Å²) in [6.07, 6.45) is 11.4. The van der Waals surface area contributed by atoms with Crippen molar-refractivity contribution in [2.45, 2.75) is 50.9 Å². The zero-order valence-corrected chi connectivity index (χ0v) is 26.0. The van der Waals surface area contributed by atoms with Crippen molar-refractivity contribution in [2.24, 2.45) is 17.6 Å². The van der Waals surface area contributed by atoms with Crippen LogP contribution in [0.25, 0.3) is 39.3 Å². The van der Waals surface area contributed by atoms with Crippen LogP contribution < -0.4 is 10.5 Å². The second-order valence-electron chi connectivity index (χ2n) is 13.1. The SMILES string of the molecule is COc1cc(C(=O)N2CC3CCC2[C@@H]3N)cc2nc(-c3cc4cccnc4n3CC3CC3)n(Cc3cnn(-c4cccnc4O)c3)c12. The van der Waals surface area contributed by atoms with Gasteiger partial charge in [0.15, 0.2) is 5.82 Å². The van der Waals surface area contributed by atoms with Crippen molar-refractivity contribution in [3.63, 3.8) is 0 Å². The summed E-state index contributed by atoms with van der Waals surface area (Å²) in [5, 5.41) is 15.9. The van der Waals surface area contributed by atoms with Gasteiger partial charge in [0.05, 0.1) is 31.1 Å². The number of pyridine rings is 2. The van der Waals surface area contributed by atoms with Crippen LogP contribution in [0, 0.1) is 11.8 Å². The summed E-state index contributed by atoms with van der Waals surface area (Å²) < 4.78 is 12.0. The number of carbonyl (C=O) groups is 1. The normalized spacial score (nSPS) is 20.6. The standard InChI is InChI=1S/C35H35N9O3/c1-47-29-14-24(35(46)42-19-23-8-9-26(42)30(23)36)12-25-31(29)43(17-21-15-39-44(18-21)27-5-3-11-38-34(27)45)33(40-25)28-13-22-4-2-10-37-32(22)41(28)16-20-6-7-20/h2-5,10-15,18,20,23,26,30H,6-9,16-17,19,36H2,1H3,(H,38,45)/t23?,26?,30-/m1/s1.